The minimum Gasteiger partial charge on any atom is -0.455 e. The van der Waals surface area contributed by atoms with Gasteiger partial charge in [0.05, 0.1) is 6.20 Å². The van der Waals surface area contributed by atoms with Crippen LogP contribution in [0.1, 0.15) is 37.6 Å². The second-order valence-corrected chi connectivity index (χ2v) is 5.95. The minimum absolute atomic E-state index is 0.0000241. The van der Waals surface area contributed by atoms with Crippen molar-refractivity contribution in [2.75, 3.05) is 0 Å². The van der Waals surface area contributed by atoms with E-state index < -0.39 is 5.82 Å². The second-order valence-electron chi connectivity index (χ2n) is 5.95. The van der Waals surface area contributed by atoms with E-state index in [2.05, 4.69) is 31.8 Å². The summed E-state index contributed by atoms with van der Waals surface area (Å²) < 4.78 is 19.3. The lowest BCUT2D eigenvalue weighted by Crippen LogP contribution is -2.11. The van der Waals surface area contributed by atoms with E-state index in [1.165, 1.54) is 12.3 Å². The number of nitriles is 1. The van der Waals surface area contributed by atoms with E-state index in [4.69, 9.17) is 10.00 Å². The van der Waals surface area contributed by atoms with Crippen molar-refractivity contribution >= 4 is 0 Å². The topological polar surface area (TPSA) is 45.9 Å². The first kappa shape index (κ1) is 15.0. The van der Waals surface area contributed by atoms with Gasteiger partial charge in [-0.3, -0.25) is 0 Å². The molecule has 0 amide bonds. The standard InChI is InChI=1S/C17H17FN2O/c1-11-5-6-12(17(2,3)4)7-16(11)21-13-8-14(18)15(9-19)20-10-13/h5-8,10H,1-4H3. The van der Waals surface area contributed by atoms with Crippen LogP contribution in [0.5, 0.6) is 11.5 Å². The van der Waals surface area contributed by atoms with Gasteiger partial charge in [0.15, 0.2) is 11.5 Å². The zero-order chi connectivity index (χ0) is 15.6. The Balaban J connectivity index is 2.35. The fourth-order valence-corrected chi connectivity index (χ4v) is 1.86. The Morgan fingerprint density at radius 1 is 1.24 bits per heavy atom. The van der Waals surface area contributed by atoms with Crippen LogP contribution < -0.4 is 4.74 Å². The summed E-state index contributed by atoms with van der Waals surface area (Å²) >= 11 is 0. The van der Waals surface area contributed by atoms with Crippen molar-refractivity contribution in [3.63, 3.8) is 0 Å². The molecule has 0 aliphatic rings. The van der Waals surface area contributed by atoms with Gasteiger partial charge in [0, 0.05) is 6.07 Å². The number of benzene rings is 1. The van der Waals surface area contributed by atoms with Crippen LogP contribution in [0, 0.1) is 24.1 Å². The molecule has 0 saturated carbocycles. The number of hydrogen-bond donors (Lipinski definition) is 0. The van der Waals surface area contributed by atoms with Crippen molar-refractivity contribution in [2.24, 2.45) is 0 Å². The van der Waals surface area contributed by atoms with Crippen LogP contribution in [-0.2, 0) is 5.41 Å². The normalized spacial score (nSPS) is 11.0. The lowest BCUT2D eigenvalue weighted by molar-refractivity contribution is 0.466. The Morgan fingerprint density at radius 2 is 1.95 bits per heavy atom. The molecule has 3 nitrogen and oxygen atoms in total. The molecule has 0 aliphatic carbocycles. The van der Waals surface area contributed by atoms with Gasteiger partial charge in [-0.15, -0.1) is 0 Å². The summed E-state index contributed by atoms with van der Waals surface area (Å²) in [6.07, 6.45) is 1.35. The van der Waals surface area contributed by atoms with Crippen molar-refractivity contribution < 1.29 is 9.13 Å². The monoisotopic (exact) mass is 284 g/mol. The average molecular weight is 284 g/mol. The summed E-state index contributed by atoms with van der Waals surface area (Å²) in [6, 6.07) is 8.84. The van der Waals surface area contributed by atoms with Crippen molar-refractivity contribution in [1.82, 2.24) is 4.98 Å². The van der Waals surface area contributed by atoms with E-state index in [1.807, 2.05) is 19.1 Å². The zero-order valence-electron chi connectivity index (χ0n) is 12.6. The number of aromatic nitrogens is 1. The van der Waals surface area contributed by atoms with Crippen LogP contribution in [-0.4, -0.2) is 4.98 Å². The van der Waals surface area contributed by atoms with Crippen molar-refractivity contribution in [3.05, 3.63) is 53.1 Å². The van der Waals surface area contributed by atoms with E-state index >= 15 is 0 Å². The Hall–Kier alpha value is -2.41. The largest absolute Gasteiger partial charge is 0.455 e. The van der Waals surface area contributed by atoms with Crippen LogP contribution in [0.15, 0.2) is 30.5 Å². The molecule has 0 aliphatic heterocycles. The molecule has 0 saturated heterocycles. The molecule has 0 fully saturated rings. The van der Waals surface area contributed by atoms with Gasteiger partial charge in [-0.1, -0.05) is 32.9 Å². The van der Waals surface area contributed by atoms with Gasteiger partial charge in [0.25, 0.3) is 0 Å². The van der Waals surface area contributed by atoms with E-state index in [0.29, 0.717) is 5.75 Å². The van der Waals surface area contributed by atoms with Crippen molar-refractivity contribution in [1.29, 1.82) is 5.26 Å². The quantitative estimate of drug-likeness (QED) is 0.816. The van der Waals surface area contributed by atoms with Crippen LogP contribution >= 0.6 is 0 Å². The van der Waals surface area contributed by atoms with Gasteiger partial charge in [0.1, 0.15) is 17.6 Å². The van der Waals surface area contributed by atoms with Gasteiger partial charge in [-0.2, -0.15) is 5.26 Å². The third-order valence-corrected chi connectivity index (χ3v) is 3.20. The number of halogens is 1. The number of ether oxygens (including phenoxy) is 1. The minimum atomic E-state index is -0.681. The summed E-state index contributed by atoms with van der Waals surface area (Å²) in [7, 11) is 0. The maximum absolute atomic E-state index is 13.6. The number of aryl methyl sites for hydroxylation is 1. The Kier molecular flexibility index (Phi) is 3.95. The molecule has 21 heavy (non-hydrogen) atoms. The first-order valence-electron chi connectivity index (χ1n) is 6.66. The molecule has 108 valence electrons. The smallest absolute Gasteiger partial charge is 0.176 e. The molecule has 2 rings (SSSR count). The third kappa shape index (κ3) is 3.38. The number of nitrogens with zero attached hydrogens (tertiary/aromatic N) is 2. The maximum Gasteiger partial charge on any atom is 0.176 e. The summed E-state index contributed by atoms with van der Waals surface area (Å²) in [4.78, 5) is 3.73. The molecule has 1 aromatic heterocycles. The van der Waals surface area contributed by atoms with Crippen LogP contribution in [0.2, 0.25) is 0 Å². The fraction of sp³-hybridized carbons (Fsp3) is 0.294. The molecular weight excluding hydrogens is 267 g/mol. The number of hydrogen-bond acceptors (Lipinski definition) is 3. The van der Waals surface area contributed by atoms with Gasteiger partial charge in [-0.05, 0) is 29.5 Å². The summed E-state index contributed by atoms with van der Waals surface area (Å²) in [6.45, 7) is 8.27. The fourth-order valence-electron chi connectivity index (χ4n) is 1.86. The molecule has 2 aromatic rings. The van der Waals surface area contributed by atoms with E-state index in [0.717, 1.165) is 11.1 Å². The van der Waals surface area contributed by atoms with Crippen LogP contribution in [0.3, 0.4) is 0 Å². The highest BCUT2D eigenvalue weighted by molar-refractivity contribution is 5.42. The SMILES string of the molecule is Cc1ccc(C(C)(C)C)cc1Oc1cnc(C#N)c(F)c1. The van der Waals surface area contributed by atoms with Gasteiger partial charge < -0.3 is 4.74 Å². The first-order chi connectivity index (χ1) is 9.81. The van der Waals surface area contributed by atoms with E-state index in [-0.39, 0.29) is 16.9 Å². The third-order valence-electron chi connectivity index (χ3n) is 3.20. The van der Waals surface area contributed by atoms with E-state index in [1.54, 1.807) is 6.07 Å². The van der Waals surface area contributed by atoms with Gasteiger partial charge in [0.2, 0.25) is 0 Å². The average Bonchev–Trinajstić information content (AvgIpc) is 2.40. The first-order valence-corrected chi connectivity index (χ1v) is 6.66. The molecule has 0 N–H and O–H groups in total. The predicted molar refractivity (Wildman–Crippen MR) is 78.9 cm³/mol. The molecule has 1 heterocycles. The second kappa shape index (κ2) is 5.53. The molecular formula is C17H17FN2O. The summed E-state index contributed by atoms with van der Waals surface area (Å²) in [5.41, 5.74) is 1.85. The lowest BCUT2D eigenvalue weighted by Gasteiger charge is -2.20. The summed E-state index contributed by atoms with van der Waals surface area (Å²) in [5.74, 6) is 0.258. The molecule has 0 unspecified atom stereocenters. The highest BCUT2D eigenvalue weighted by Gasteiger charge is 2.16. The van der Waals surface area contributed by atoms with Crippen LogP contribution in [0.25, 0.3) is 0 Å². The number of pyridine rings is 1. The zero-order valence-corrected chi connectivity index (χ0v) is 12.6. The van der Waals surface area contributed by atoms with E-state index in [9.17, 15) is 4.39 Å². The molecule has 0 bridgehead atoms. The molecule has 1 aromatic carbocycles. The van der Waals surface area contributed by atoms with Crippen molar-refractivity contribution in [2.45, 2.75) is 33.1 Å². The molecule has 0 atom stereocenters. The molecule has 4 heteroatoms. The predicted octanol–water partition coefficient (Wildman–Crippen LogP) is 4.49. The Bertz CT molecular complexity index is 712. The van der Waals surface area contributed by atoms with Crippen molar-refractivity contribution in [3.8, 4) is 17.6 Å². The number of rotatable bonds is 2. The highest BCUT2D eigenvalue weighted by atomic mass is 19.1. The lowest BCUT2D eigenvalue weighted by atomic mass is 9.86. The Labute approximate surface area is 124 Å². The maximum atomic E-state index is 13.6. The summed E-state index contributed by atoms with van der Waals surface area (Å²) in [5, 5.41) is 8.68. The highest BCUT2D eigenvalue weighted by Crippen LogP contribution is 2.31. The molecule has 0 radical (unpaired) electrons. The van der Waals surface area contributed by atoms with Gasteiger partial charge in [-0.25, -0.2) is 9.37 Å². The van der Waals surface area contributed by atoms with Crippen LogP contribution in [0.4, 0.5) is 4.39 Å². The molecule has 0 spiro atoms. The Morgan fingerprint density at radius 3 is 2.52 bits per heavy atom. The van der Waals surface area contributed by atoms with Gasteiger partial charge >= 0.3 is 0 Å².